The number of carbonyl (C=O) groups excluding carboxylic acids is 1. The maximum Gasteiger partial charge on any atom is 0.295 e. The number of nitrogen functional groups attached to an aromatic ring is 2. The third-order valence-electron chi connectivity index (χ3n) is 6.08. The first-order valence-corrected chi connectivity index (χ1v) is 11.8. The number of nitrogens with one attached hydrogen (secondary N) is 1. The van der Waals surface area contributed by atoms with E-state index in [0.29, 0.717) is 27.2 Å². The molecule has 0 aliphatic rings. The van der Waals surface area contributed by atoms with Gasteiger partial charge in [0.25, 0.3) is 11.5 Å². The first-order chi connectivity index (χ1) is 17.3. The van der Waals surface area contributed by atoms with Gasteiger partial charge in [0.1, 0.15) is 32.8 Å². The van der Waals surface area contributed by atoms with E-state index in [1.165, 1.54) is 4.68 Å². The van der Waals surface area contributed by atoms with Crippen molar-refractivity contribution < 1.29 is 4.79 Å². The molecule has 1 amide bonds. The summed E-state index contributed by atoms with van der Waals surface area (Å²) in [6.07, 6.45) is 0. The number of hydrogen-bond donors (Lipinski definition) is 3. The Hall–Kier alpha value is -4.88. The van der Waals surface area contributed by atoms with Gasteiger partial charge in [-0.3, -0.25) is 14.3 Å². The van der Waals surface area contributed by atoms with Crippen LogP contribution in [-0.2, 0) is 7.05 Å². The molecule has 0 spiro atoms. The molecule has 5 N–H and O–H groups in total. The Labute approximate surface area is 209 Å². The topological polar surface area (TPSA) is 145 Å². The standard InChI is InChI=1S/C26H21N7O2S/c1-14-21(26(35)33(32(14)2)16-11-7-4-8-12-16)30-24(34)22-20(28)19-18(15-9-5-3-6-10-15)17(13-27)23(29)31-25(19)36-22/h3-12H,28H2,1-2H3,(H2,29,31)(H,30,34). The van der Waals surface area contributed by atoms with Crippen LogP contribution in [0.1, 0.15) is 20.9 Å². The monoisotopic (exact) mass is 495 g/mol. The van der Waals surface area contributed by atoms with Gasteiger partial charge in [-0.15, -0.1) is 11.3 Å². The van der Waals surface area contributed by atoms with Crippen LogP contribution in [0.25, 0.3) is 27.0 Å². The van der Waals surface area contributed by atoms with Crippen LogP contribution in [0.4, 0.5) is 17.2 Å². The van der Waals surface area contributed by atoms with Crippen LogP contribution >= 0.6 is 11.3 Å². The number of hydrogen-bond acceptors (Lipinski definition) is 7. The number of nitriles is 1. The number of amides is 1. The average Bonchev–Trinajstić information content (AvgIpc) is 3.32. The van der Waals surface area contributed by atoms with Crippen LogP contribution in [0.5, 0.6) is 0 Å². The normalized spacial score (nSPS) is 10.9. The Bertz CT molecular complexity index is 1740. The Morgan fingerprint density at radius 1 is 1.08 bits per heavy atom. The lowest BCUT2D eigenvalue weighted by molar-refractivity contribution is 0.103. The Morgan fingerprint density at radius 2 is 1.72 bits per heavy atom. The molecule has 0 aliphatic heterocycles. The van der Waals surface area contributed by atoms with Crippen LogP contribution < -0.4 is 22.3 Å². The number of nitrogens with two attached hydrogens (primary N) is 2. The van der Waals surface area contributed by atoms with Crippen molar-refractivity contribution in [2.75, 3.05) is 16.8 Å². The van der Waals surface area contributed by atoms with Crippen molar-refractivity contribution in [2.45, 2.75) is 6.92 Å². The fourth-order valence-corrected chi connectivity index (χ4v) is 5.24. The first-order valence-electron chi connectivity index (χ1n) is 11.0. The molecule has 3 heterocycles. The van der Waals surface area contributed by atoms with Crippen molar-refractivity contribution >= 4 is 44.7 Å². The summed E-state index contributed by atoms with van der Waals surface area (Å²) in [7, 11) is 1.75. The van der Waals surface area contributed by atoms with Gasteiger partial charge in [-0.05, 0) is 24.6 Å². The third-order valence-corrected chi connectivity index (χ3v) is 7.18. The van der Waals surface area contributed by atoms with E-state index in [9.17, 15) is 14.9 Å². The number of benzene rings is 2. The highest BCUT2D eigenvalue weighted by Gasteiger charge is 2.26. The van der Waals surface area contributed by atoms with Crippen molar-refractivity contribution in [3.05, 3.63) is 87.2 Å². The highest BCUT2D eigenvalue weighted by molar-refractivity contribution is 7.21. The van der Waals surface area contributed by atoms with E-state index in [1.807, 2.05) is 60.7 Å². The molecule has 36 heavy (non-hydrogen) atoms. The highest BCUT2D eigenvalue weighted by atomic mass is 32.1. The molecular formula is C26H21N7O2S. The third kappa shape index (κ3) is 3.50. The van der Waals surface area contributed by atoms with E-state index in [-0.39, 0.29) is 33.2 Å². The summed E-state index contributed by atoms with van der Waals surface area (Å²) in [6.45, 7) is 1.75. The van der Waals surface area contributed by atoms with Gasteiger partial charge in [-0.25, -0.2) is 9.67 Å². The minimum Gasteiger partial charge on any atom is -0.397 e. The van der Waals surface area contributed by atoms with Crippen LogP contribution in [0.2, 0.25) is 0 Å². The van der Waals surface area contributed by atoms with Gasteiger partial charge in [0.2, 0.25) is 0 Å². The smallest absolute Gasteiger partial charge is 0.295 e. The second-order valence-corrected chi connectivity index (χ2v) is 9.14. The van der Waals surface area contributed by atoms with Gasteiger partial charge in [0.05, 0.1) is 17.1 Å². The van der Waals surface area contributed by atoms with Crippen molar-refractivity contribution in [3.8, 4) is 22.9 Å². The van der Waals surface area contributed by atoms with E-state index in [4.69, 9.17) is 11.5 Å². The molecular weight excluding hydrogens is 474 g/mol. The number of pyridine rings is 1. The fraction of sp³-hybridized carbons (Fsp3) is 0.0769. The summed E-state index contributed by atoms with van der Waals surface area (Å²) >= 11 is 1.06. The van der Waals surface area contributed by atoms with Crippen LogP contribution in [0, 0.1) is 18.3 Å². The van der Waals surface area contributed by atoms with Gasteiger partial charge in [0.15, 0.2) is 0 Å². The fourth-order valence-electron chi connectivity index (χ4n) is 4.23. The number of carbonyl (C=O) groups is 1. The van der Waals surface area contributed by atoms with E-state index in [0.717, 1.165) is 16.9 Å². The average molecular weight is 496 g/mol. The zero-order valence-corrected chi connectivity index (χ0v) is 20.3. The number of anilines is 3. The SMILES string of the molecule is Cc1c(NC(=O)c2sc3nc(N)c(C#N)c(-c4ccccc4)c3c2N)c(=O)n(-c2ccccc2)n1C. The molecule has 5 aromatic rings. The number of para-hydroxylation sites is 1. The molecule has 0 radical (unpaired) electrons. The summed E-state index contributed by atoms with van der Waals surface area (Å²) in [6, 6.07) is 20.5. The van der Waals surface area contributed by atoms with Crippen molar-refractivity contribution in [3.63, 3.8) is 0 Å². The Balaban J connectivity index is 1.63. The Morgan fingerprint density at radius 3 is 2.36 bits per heavy atom. The highest BCUT2D eigenvalue weighted by Crippen LogP contribution is 2.42. The zero-order chi connectivity index (χ0) is 25.6. The first kappa shape index (κ1) is 22.9. The lowest BCUT2D eigenvalue weighted by Crippen LogP contribution is -2.22. The molecule has 3 aromatic heterocycles. The maximum atomic E-state index is 13.4. The summed E-state index contributed by atoms with van der Waals surface area (Å²) in [5.41, 5.74) is 15.2. The van der Waals surface area contributed by atoms with E-state index in [2.05, 4.69) is 16.4 Å². The van der Waals surface area contributed by atoms with Crippen LogP contribution in [0.3, 0.4) is 0 Å². The zero-order valence-electron chi connectivity index (χ0n) is 19.4. The molecule has 9 nitrogen and oxygen atoms in total. The molecule has 0 atom stereocenters. The second-order valence-electron chi connectivity index (χ2n) is 8.14. The summed E-state index contributed by atoms with van der Waals surface area (Å²) in [5, 5.41) is 13.0. The van der Waals surface area contributed by atoms with Gasteiger partial charge in [-0.1, -0.05) is 48.5 Å². The lowest BCUT2D eigenvalue weighted by Gasteiger charge is -2.09. The summed E-state index contributed by atoms with van der Waals surface area (Å²) in [5.74, 6) is -0.487. The summed E-state index contributed by atoms with van der Waals surface area (Å²) < 4.78 is 3.16. The van der Waals surface area contributed by atoms with Gasteiger partial charge in [-0.2, -0.15) is 5.26 Å². The molecule has 0 saturated heterocycles. The van der Waals surface area contributed by atoms with Crippen molar-refractivity contribution in [2.24, 2.45) is 7.05 Å². The second kappa shape index (κ2) is 8.72. The molecule has 2 aromatic carbocycles. The molecule has 0 fully saturated rings. The van der Waals surface area contributed by atoms with Crippen molar-refractivity contribution in [1.82, 2.24) is 14.3 Å². The molecule has 0 unspecified atom stereocenters. The van der Waals surface area contributed by atoms with Crippen molar-refractivity contribution in [1.29, 1.82) is 5.26 Å². The predicted molar refractivity (Wildman–Crippen MR) is 142 cm³/mol. The molecule has 10 heteroatoms. The molecule has 0 aliphatic carbocycles. The molecule has 178 valence electrons. The molecule has 5 rings (SSSR count). The summed E-state index contributed by atoms with van der Waals surface area (Å²) in [4.78, 5) is 31.6. The number of rotatable bonds is 4. The lowest BCUT2D eigenvalue weighted by atomic mass is 9.97. The number of fused-ring (bicyclic) bond motifs is 1. The maximum absolute atomic E-state index is 13.4. The minimum atomic E-state index is -0.544. The van der Waals surface area contributed by atoms with Crippen LogP contribution in [-0.4, -0.2) is 20.3 Å². The molecule has 0 saturated carbocycles. The number of aromatic nitrogens is 3. The number of thiophene rings is 1. The van der Waals surface area contributed by atoms with Gasteiger partial charge < -0.3 is 16.8 Å². The van der Waals surface area contributed by atoms with Gasteiger partial charge >= 0.3 is 0 Å². The molecule has 0 bridgehead atoms. The van der Waals surface area contributed by atoms with Gasteiger partial charge in [0, 0.05) is 18.0 Å². The predicted octanol–water partition coefficient (Wildman–Crippen LogP) is 4.05. The van der Waals surface area contributed by atoms with E-state index in [1.54, 1.807) is 18.7 Å². The largest absolute Gasteiger partial charge is 0.397 e. The Kier molecular flexibility index (Phi) is 5.54. The quantitative estimate of drug-likeness (QED) is 0.343. The number of nitrogens with zero attached hydrogens (tertiary/aromatic N) is 4. The minimum absolute atomic E-state index is 0.0571. The van der Waals surface area contributed by atoms with E-state index >= 15 is 0 Å². The van der Waals surface area contributed by atoms with Crippen LogP contribution in [0.15, 0.2) is 65.5 Å². The van der Waals surface area contributed by atoms with E-state index < -0.39 is 5.91 Å².